The molecule has 0 radical (unpaired) electrons. The standard InChI is InChI=1S/C12H19NO4/c1-7-5-8(10(14)15)9(6-7)13-11(16)17-12(2,3)4/h8-9H,1,5-6H2,2-4H3,(H,13,16)(H,14,15)/t8-,9-/m1/s1. The highest BCUT2D eigenvalue weighted by Gasteiger charge is 2.36. The van der Waals surface area contributed by atoms with Crippen LogP contribution in [0, 0.1) is 5.92 Å². The molecule has 1 saturated carbocycles. The van der Waals surface area contributed by atoms with Crippen LogP contribution in [0.15, 0.2) is 12.2 Å². The molecule has 0 heterocycles. The second-order valence-electron chi connectivity index (χ2n) is 5.36. The Morgan fingerprint density at radius 2 is 2.00 bits per heavy atom. The van der Waals surface area contributed by atoms with Crippen molar-refractivity contribution in [1.29, 1.82) is 0 Å². The third-order valence-corrected chi connectivity index (χ3v) is 2.52. The number of carbonyl (C=O) groups excluding carboxylic acids is 1. The van der Waals surface area contributed by atoms with Gasteiger partial charge in [0, 0.05) is 6.04 Å². The molecule has 5 nitrogen and oxygen atoms in total. The minimum absolute atomic E-state index is 0.412. The lowest BCUT2D eigenvalue weighted by Gasteiger charge is -2.23. The fourth-order valence-electron chi connectivity index (χ4n) is 1.86. The number of amides is 1. The zero-order valence-corrected chi connectivity index (χ0v) is 10.4. The quantitative estimate of drug-likeness (QED) is 0.724. The van der Waals surface area contributed by atoms with Crippen LogP contribution in [0.2, 0.25) is 0 Å². The largest absolute Gasteiger partial charge is 0.481 e. The van der Waals surface area contributed by atoms with E-state index >= 15 is 0 Å². The lowest BCUT2D eigenvalue weighted by Crippen LogP contribution is -2.42. The molecular weight excluding hydrogens is 222 g/mol. The Morgan fingerprint density at radius 3 is 2.47 bits per heavy atom. The van der Waals surface area contributed by atoms with Gasteiger partial charge in [-0.05, 0) is 33.6 Å². The molecule has 17 heavy (non-hydrogen) atoms. The maximum atomic E-state index is 11.5. The van der Waals surface area contributed by atoms with E-state index in [0.29, 0.717) is 12.8 Å². The van der Waals surface area contributed by atoms with Crippen LogP contribution in [-0.2, 0) is 9.53 Å². The first kappa shape index (κ1) is 13.5. The molecule has 1 fully saturated rings. The number of alkyl carbamates (subject to hydrolysis) is 1. The zero-order valence-electron chi connectivity index (χ0n) is 10.4. The first-order chi connectivity index (χ1) is 7.69. The summed E-state index contributed by atoms with van der Waals surface area (Å²) < 4.78 is 5.09. The Balaban J connectivity index is 2.58. The highest BCUT2D eigenvalue weighted by atomic mass is 16.6. The first-order valence-electron chi connectivity index (χ1n) is 5.58. The number of hydrogen-bond donors (Lipinski definition) is 2. The second kappa shape index (κ2) is 4.77. The van der Waals surface area contributed by atoms with Gasteiger partial charge in [-0.3, -0.25) is 4.79 Å². The molecule has 0 aromatic rings. The van der Waals surface area contributed by atoms with Crippen LogP contribution in [0.4, 0.5) is 4.79 Å². The molecule has 1 rings (SSSR count). The van der Waals surface area contributed by atoms with Crippen LogP contribution in [0.1, 0.15) is 33.6 Å². The SMILES string of the molecule is C=C1C[C@@H](NC(=O)OC(C)(C)C)[C@H](C(=O)O)C1. The van der Waals surface area contributed by atoms with Gasteiger partial charge in [0.2, 0.25) is 0 Å². The van der Waals surface area contributed by atoms with Gasteiger partial charge in [-0.15, -0.1) is 0 Å². The number of ether oxygens (including phenoxy) is 1. The summed E-state index contributed by atoms with van der Waals surface area (Å²) in [4.78, 5) is 22.5. The Morgan fingerprint density at radius 1 is 1.41 bits per heavy atom. The average Bonchev–Trinajstić information content (AvgIpc) is 2.42. The predicted molar refractivity (Wildman–Crippen MR) is 62.7 cm³/mol. The van der Waals surface area contributed by atoms with E-state index in [1.807, 2.05) is 0 Å². The van der Waals surface area contributed by atoms with Gasteiger partial charge >= 0.3 is 12.1 Å². The average molecular weight is 241 g/mol. The van der Waals surface area contributed by atoms with Crippen LogP contribution in [0.5, 0.6) is 0 Å². The van der Waals surface area contributed by atoms with Gasteiger partial charge < -0.3 is 15.2 Å². The normalized spacial score (nSPS) is 24.5. The predicted octanol–water partition coefficient (Wildman–Crippen LogP) is 1.93. The maximum Gasteiger partial charge on any atom is 0.407 e. The number of hydrogen-bond acceptors (Lipinski definition) is 3. The molecule has 1 amide bonds. The molecule has 0 aliphatic heterocycles. The summed E-state index contributed by atoms with van der Waals surface area (Å²) in [6, 6.07) is -0.421. The minimum Gasteiger partial charge on any atom is -0.481 e. The van der Waals surface area contributed by atoms with Crippen LogP contribution < -0.4 is 5.32 Å². The van der Waals surface area contributed by atoms with Crippen molar-refractivity contribution < 1.29 is 19.4 Å². The Kier molecular flexibility index (Phi) is 3.80. The van der Waals surface area contributed by atoms with Crippen LogP contribution in [0.25, 0.3) is 0 Å². The summed E-state index contributed by atoms with van der Waals surface area (Å²) in [5.41, 5.74) is 0.261. The van der Waals surface area contributed by atoms with Gasteiger partial charge in [0.25, 0.3) is 0 Å². The molecule has 2 N–H and O–H groups in total. The molecule has 96 valence electrons. The van der Waals surface area contributed by atoms with Crippen molar-refractivity contribution in [2.75, 3.05) is 0 Å². The van der Waals surface area contributed by atoms with E-state index < -0.39 is 29.6 Å². The number of carboxylic acid groups (broad SMARTS) is 1. The molecular formula is C12H19NO4. The fraction of sp³-hybridized carbons (Fsp3) is 0.667. The van der Waals surface area contributed by atoms with Gasteiger partial charge in [0.15, 0.2) is 0 Å². The van der Waals surface area contributed by atoms with Crippen molar-refractivity contribution in [3.63, 3.8) is 0 Å². The summed E-state index contributed by atoms with van der Waals surface area (Å²) in [6.45, 7) is 9.04. The lowest BCUT2D eigenvalue weighted by molar-refractivity contribution is -0.142. The number of nitrogens with one attached hydrogen (secondary N) is 1. The summed E-state index contributed by atoms with van der Waals surface area (Å²) in [7, 11) is 0. The minimum atomic E-state index is -0.912. The van der Waals surface area contributed by atoms with Crippen molar-refractivity contribution >= 4 is 12.1 Å². The molecule has 0 saturated heterocycles. The summed E-state index contributed by atoms with van der Waals surface area (Å²) in [5.74, 6) is -1.51. The highest BCUT2D eigenvalue weighted by Crippen LogP contribution is 2.29. The number of rotatable bonds is 2. The van der Waals surface area contributed by atoms with E-state index in [1.165, 1.54) is 0 Å². The Bertz CT molecular complexity index is 343. The molecule has 5 heteroatoms. The Hall–Kier alpha value is -1.52. The second-order valence-corrected chi connectivity index (χ2v) is 5.36. The fourth-order valence-corrected chi connectivity index (χ4v) is 1.86. The van der Waals surface area contributed by atoms with Crippen LogP contribution >= 0.6 is 0 Å². The van der Waals surface area contributed by atoms with E-state index in [4.69, 9.17) is 9.84 Å². The number of carbonyl (C=O) groups is 2. The molecule has 2 atom stereocenters. The van der Waals surface area contributed by atoms with Crippen LogP contribution in [0.3, 0.4) is 0 Å². The van der Waals surface area contributed by atoms with Crippen molar-refractivity contribution in [2.45, 2.75) is 45.3 Å². The van der Waals surface area contributed by atoms with E-state index in [1.54, 1.807) is 20.8 Å². The summed E-state index contributed by atoms with van der Waals surface area (Å²) in [5, 5.41) is 11.6. The van der Waals surface area contributed by atoms with Gasteiger partial charge in [-0.1, -0.05) is 12.2 Å². The third kappa shape index (κ3) is 4.09. The van der Waals surface area contributed by atoms with E-state index in [9.17, 15) is 9.59 Å². The maximum absolute atomic E-state index is 11.5. The molecule has 1 aliphatic rings. The van der Waals surface area contributed by atoms with Crippen molar-refractivity contribution in [1.82, 2.24) is 5.32 Å². The Labute approximate surface area is 101 Å². The lowest BCUT2D eigenvalue weighted by atomic mass is 10.0. The number of aliphatic carboxylic acids is 1. The van der Waals surface area contributed by atoms with Gasteiger partial charge in [-0.25, -0.2) is 4.79 Å². The molecule has 0 spiro atoms. The molecule has 0 bridgehead atoms. The zero-order chi connectivity index (χ0) is 13.2. The van der Waals surface area contributed by atoms with E-state index in [-0.39, 0.29) is 0 Å². The van der Waals surface area contributed by atoms with E-state index in [0.717, 1.165) is 5.57 Å². The highest BCUT2D eigenvalue weighted by molar-refractivity contribution is 5.75. The topological polar surface area (TPSA) is 75.6 Å². The molecule has 0 aromatic carbocycles. The summed E-state index contributed by atoms with van der Waals surface area (Å²) in [6.07, 6.45) is 0.329. The molecule has 1 aliphatic carbocycles. The first-order valence-corrected chi connectivity index (χ1v) is 5.58. The summed E-state index contributed by atoms with van der Waals surface area (Å²) >= 11 is 0. The smallest absolute Gasteiger partial charge is 0.407 e. The third-order valence-electron chi connectivity index (χ3n) is 2.52. The molecule has 0 aromatic heterocycles. The van der Waals surface area contributed by atoms with Crippen molar-refractivity contribution in [3.05, 3.63) is 12.2 Å². The van der Waals surface area contributed by atoms with Gasteiger partial charge in [-0.2, -0.15) is 0 Å². The van der Waals surface area contributed by atoms with Crippen LogP contribution in [-0.4, -0.2) is 28.8 Å². The number of carboxylic acids is 1. The van der Waals surface area contributed by atoms with Gasteiger partial charge in [0.05, 0.1) is 5.92 Å². The van der Waals surface area contributed by atoms with Gasteiger partial charge in [0.1, 0.15) is 5.60 Å². The molecule has 0 unspecified atom stereocenters. The van der Waals surface area contributed by atoms with Crippen molar-refractivity contribution in [3.8, 4) is 0 Å². The van der Waals surface area contributed by atoms with E-state index in [2.05, 4.69) is 11.9 Å². The van der Waals surface area contributed by atoms with Crippen molar-refractivity contribution in [2.24, 2.45) is 5.92 Å². The monoisotopic (exact) mass is 241 g/mol.